The van der Waals surface area contributed by atoms with E-state index in [1.165, 1.54) is 13.2 Å². The average molecular weight is 328 g/mol. The maximum atomic E-state index is 11.4. The summed E-state index contributed by atoms with van der Waals surface area (Å²) in [6, 6.07) is 7.43. The minimum Gasteiger partial charge on any atom is -0.467 e. The smallest absolute Gasteiger partial charge is 0.336 e. The minimum absolute atomic E-state index is 0.186. The van der Waals surface area contributed by atoms with Crippen molar-refractivity contribution in [3.8, 4) is 0 Å². The Morgan fingerprint density at radius 3 is 2.89 bits per heavy atom. The number of rotatable bonds is 5. The lowest BCUT2D eigenvalue weighted by Gasteiger charge is -2.07. The van der Waals surface area contributed by atoms with Gasteiger partial charge in [0.2, 0.25) is 5.91 Å². The molecule has 6 heteroatoms. The first kappa shape index (κ1) is 15.4. The van der Waals surface area contributed by atoms with E-state index in [4.69, 9.17) is 0 Å². The summed E-state index contributed by atoms with van der Waals surface area (Å²) in [6.07, 6.45) is 1.60. The summed E-state index contributed by atoms with van der Waals surface area (Å²) in [4.78, 5) is 22.3. The van der Waals surface area contributed by atoms with E-state index >= 15 is 0 Å². The summed E-state index contributed by atoms with van der Waals surface area (Å²) in [6.45, 7) is -0.186. The quantitative estimate of drug-likeness (QED) is 0.627. The van der Waals surface area contributed by atoms with Crippen molar-refractivity contribution >= 4 is 33.9 Å². The number of halogens is 1. The average Bonchev–Trinajstić information content (AvgIpc) is 2.41. The Morgan fingerprint density at radius 1 is 1.53 bits per heavy atom. The predicted molar refractivity (Wildman–Crippen MR) is 74.2 cm³/mol. The van der Waals surface area contributed by atoms with Crippen LogP contribution in [0.15, 0.2) is 34.8 Å². The van der Waals surface area contributed by atoms with Crippen LogP contribution >= 0.6 is 15.9 Å². The van der Waals surface area contributed by atoms with Crippen LogP contribution in [-0.2, 0) is 14.3 Å². The van der Waals surface area contributed by atoms with Crippen molar-refractivity contribution in [2.45, 2.75) is 6.10 Å². The molecule has 1 atom stereocenters. The zero-order valence-electron chi connectivity index (χ0n) is 10.3. The molecule has 1 rings (SSSR count). The highest BCUT2D eigenvalue weighted by Gasteiger charge is 2.15. The molecule has 0 aromatic heterocycles. The lowest BCUT2D eigenvalue weighted by molar-refractivity contribution is -0.150. The lowest BCUT2D eigenvalue weighted by atomic mass is 10.2. The van der Waals surface area contributed by atoms with Gasteiger partial charge < -0.3 is 15.2 Å². The molecule has 1 unspecified atom stereocenters. The van der Waals surface area contributed by atoms with Gasteiger partial charge >= 0.3 is 5.97 Å². The fourth-order valence-electron chi connectivity index (χ4n) is 1.26. The molecule has 5 nitrogen and oxygen atoms in total. The summed E-state index contributed by atoms with van der Waals surface area (Å²) in [5, 5.41) is 11.7. The second kappa shape index (κ2) is 7.70. The summed E-state index contributed by atoms with van der Waals surface area (Å²) >= 11 is 3.32. The van der Waals surface area contributed by atoms with Crippen LogP contribution in [0.2, 0.25) is 0 Å². The van der Waals surface area contributed by atoms with Gasteiger partial charge in [0, 0.05) is 10.5 Å². The topological polar surface area (TPSA) is 75.6 Å². The Bertz CT molecular complexity index is 487. The molecular formula is C13H14BrNO4. The minimum atomic E-state index is -1.35. The van der Waals surface area contributed by atoms with Crippen molar-refractivity contribution in [3.63, 3.8) is 0 Å². The zero-order chi connectivity index (χ0) is 14.3. The Kier molecular flexibility index (Phi) is 6.24. The van der Waals surface area contributed by atoms with E-state index in [1.54, 1.807) is 6.08 Å². The molecule has 0 bridgehead atoms. The Morgan fingerprint density at radius 2 is 2.26 bits per heavy atom. The molecule has 19 heavy (non-hydrogen) atoms. The molecule has 0 aliphatic heterocycles. The van der Waals surface area contributed by atoms with Crippen molar-refractivity contribution in [1.82, 2.24) is 5.32 Å². The van der Waals surface area contributed by atoms with Gasteiger partial charge in [-0.1, -0.05) is 28.1 Å². The first-order valence-corrected chi connectivity index (χ1v) is 6.29. The number of amides is 1. The van der Waals surface area contributed by atoms with Gasteiger partial charge in [-0.2, -0.15) is 0 Å². The third-order valence-electron chi connectivity index (χ3n) is 2.22. The van der Waals surface area contributed by atoms with Crippen molar-refractivity contribution in [3.05, 3.63) is 40.4 Å². The van der Waals surface area contributed by atoms with Crippen LogP contribution in [0.1, 0.15) is 5.56 Å². The van der Waals surface area contributed by atoms with Gasteiger partial charge in [0.05, 0.1) is 13.7 Å². The predicted octanol–water partition coefficient (Wildman–Crippen LogP) is 1.11. The summed E-state index contributed by atoms with van der Waals surface area (Å²) in [7, 11) is 1.17. The molecule has 0 saturated carbocycles. The highest BCUT2D eigenvalue weighted by Crippen LogP contribution is 2.12. The molecule has 1 aromatic rings. The number of aliphatic hydroxyl groups is 1. The standard InChI is InChI=1S/C13H14BrNO4/c1-19-13(18)11(16)8-15-12(17)6-5-9-3-2-4-10(14)7-9/h2-7,11,16H,8H2,1H3,(H,15,17)/b6-5+. The fourth-order valence-corrected chi connectivity index (χ4v) is 1.67. The molecule has 0 aliphatic rings. The van der Waals surface area contributed by atoms with Crippen LogP contribution in [0.25, 0.3) is 6.08 Å². The number of carbonyl (C=O) groups excluding carboxylic acids is 2. The SMILES string of the molecule is COC(=O)C(O)CNC(=O)/C=C/c1cccc(Br)c1. The first-order chi connectivity index (χ1) is 9.02. The van der Waals surface area contributed by atoms with Crippen LogP contribution in [0.3, 0.4) is 0 Å². The molecule has 0 radical (unpaired) electrons. The van der Waals surface area contributed by atoms with Crippen molar-refractivity contribution in [1.29, 1.82) is 0 Å². The molecule has 0 heterocycles. The van der Waals surface area contributed by atoms with E-state index < -0.39 is 18.0 Å². The summed E-state index contributed by atoms with van der Waals surface area (Å²) < 4.78 is 5.24. The second-order valence-corrected chi connectivity index (χ2v) is 4.59. The van der Waals surface area contributed by atoms with E-state index in [0.29, 0.717) is 0 Å². The van der Waals surface area contributed by atoms with Crippen LogP contribution in [0.5, 0.6) is 0 Å². The largest absolute Gasteiger partial charge is 0.467 e. The van der Waals surface area contributed by atoms with Gasteiger partial charge in [-0.3, -0.25) is 4.79 Å². The maximum absolute atomic E-state index is 11.4. The lowest BCUT2D eigenvalue weighted by Crippen LogP contribution is -2.36. The van der Waals surface area contributed by atoms with E-state index in [9.17, 15) is 14.7 Å². The molecule has 0 saturated heterocycles. The van der Waals surface area contributed by atoms with Gasteiger partial charge in [0.15, 0.2) is 6.10 Å². The zero-order valence-corrected chi connectivity index (χ0v) is 11.9. The van der Waals surface area contributed by atoms with Gasteiger partial charge in [0.1, 0.15) is 0 Å². The van der Waals surface area contributed by atoms with E-state index in [2.05, 4.69) is 26.0 Å². The van der Waals surface area contributed by atoms with E-state index in [1.807, 2.05) is 24.3 Å². The molecular weight excluding hydrogens is 314 g/mol. The second-order valence-electron chi connectivity index (χ2n) is 3.67. The van der Waals surface area contributed by atoms with Crippen molar-refractivity contribution < 1.29 is 19.4 Å². The molecule has 0 fully saturated rings. The number of nitrogens with one attached hydrogen (secondary N) is 1. The van der Waals surface area contributed by atoms with Crippen molar-refractivity contribution in [2.24, 2.45) is 0 Å². The number of methoxy groups -OCH3 is 1. The van der Waals surface area contributed by atoms with Crippen LogP contribution < -0.4 is 5.32 Å². The normalized spacial score (nSPS) is 12.2. The van der Waals surface area contributed by atoms with Crippen LogP contribution in [0, 0.1) is 0 Å². The molecule has 2 N–H and O–H groups in total. The number of ether oxygens (including phenoxy) is 1. The molecule has 0 spiro atoms. The van der Waals surface area contributed by atoms with Gasteiger partial charge in [-0.15, -0.1) is 0 Å². The third-order valence-corrected chi connectivity index (χ3v) is 2.71. The number of benzene rings is 1. The third kappa shape index (κ3) is 5.67. The van der Waals surface area contributed by atoms with Gasteiger partial charge in [0.25, 0.3) is 0 Å². The number of hydrogen-bond acceptors (Lipinski definition) is 4. The number of aliphatic hydroxyl groups excluding tert-OH is 1. The highest BCUT2D eigenvalue weighted by molar-refractivity contribution is 9.10. The number of esters is 1. The highest BCUT2D eigenvalue weighted by atomic mass is 79.9. The number of hydrogen-bond donors (Lipinski definition) is 2. The Hall–Kier alpha value is -1.66. The fraction of sp³-hybridized carbons (Fsp3) is 0.231. The maximum Gasteiger partial charge on any atom is 0.336 e. The summed E-state index contributed by atoms with van der Waals surface area (Å²) in [5.74, 6) is -1.18. The Labute approximate surface area is 119 Å². The van der Waals surface area contributed by atoms with Crippen LogP contribution in [0.4, 0.5) is 0 Å². The van der Waals surface area contributed by atoms with Crippen LogP contribution in [-0.4, -0.2) is 36.7 Å². The van der Waals surface area contributed by atoms with E-state index in [-0.39, 0.29) is 6.54 Å². The first-order valence-electron chi connectivity index (χ1n) is 5.50. The van der Waals surface area contributed by atoms with Gasteiger partial charge in [-0.05, 0) is 23.8 Å². The summed E-state index contributed by atoms with van der Waals surface area (Å²) in [5.41, 5.74) is 0.859. The van der Waals surface area contributed by atoms with Gasteiger partial charge in [-0.25, -0.2) is 4.79 Å². The molecule has 1 amide bonds. The Balaban J connectivity index is 2.45. The monoisotopic (exact) mass is 327 g/mol. The van der Waals surface area contributed by atoms with E-state index in [0.717, 1.165) is 10.0 Å². The molecule has 0 aliphatic carbocycles. The van der Waals surface area contributed by atoms with Crippen molar-refractivity contribution in [2.75, 3.05) is 13.7 Å². The molecule has 102 valence electrons. The molecule has 1 aromatic carbocycles. The number of carbonyl (C=O) groups is 2.